The normalized spacial score (nSPS) is 21.6. The van der Waals surface area contributed by atoms with Gasteiger partial charge in [-0.1, -0.05) is 12.8 Å². The predicted molar refractivity (Wildman–Crippen MR) is 72.6 cm³/mol. The first-order valence-electron chi connectivity index (χ1n) is 7.59. The predicted octanol–water partition coefficient (Wildman–Crippen LogP) is 2.51. The van der Waals surface area contributed by atoms with Crippen molar-refractivity contribution in [2.75, 3.05) is 19.7 Å². The van der Waals surface area contributed by atoms with Crippen LogP contribution in [0.2, 0.25) is 0 Å². The molecule has 19 heavy (non-hydrogen) atoms. The van der Waals surface area contributed by atoms with Crippen LogP contribution in [0, 0.1) is 5.41 Å². The zero-order chi connectivity index (χ0) is 13.7. The minimum absolute atomic E-state index is 0.112. The molecule has 1 aliphatic carbocycles. The third-order valence-electron chi connectivity index (χ3n) is 4.69. The van der Waals surface area contributed by atoms with E-state index in [0.717, 1.165) is 25.9 Å². The standard InChI is InChI=1S/C15H25NO3/c1-2-19-14(18)6-5-13(17)16-11-9-15(10-12-16)7-3-4-8-15/h2-12H2,1H3. The lowest BCUT2D eigenvalue weighted by Gasteiger charge is -2.39. The Morgan fingerprint density at radius 1 is 1.05 bits per heavy atom. The Bertz CT molecular complexity index is 324. The fraction of sp³-hybridized carbons (Fsp3) is 0.867. The van der Waals surface area contributed by atoms with Gasteiger partial charge >= 0.3 is 5.97 Å². The van der Waals surface area contributed by atoms with Gasteiger partial charge in [-0.05, 0) is 38.0 Å². The molecule has 1 saturated heterocycles. The van der Waals surface area contributed by atoms with Crippen LogP contribution in [0.4, 0.5) is 0 Å². The van der Waals surface area contributed by atoms with Gasteiger partial charge in [0.05, 0.1) is 13.0 Å². The molecular formula is C15H25NO3. The molecule has 1 saturated carbocycles. The number of carbonyl (C=O) groups excluding carboxylic acids is 2. The van der Waals surface area contributed by atoms with E-state index in [1.165, 1.54) is 25.7 Å². The van der Waals surface area contributed by atoms with Crippen molar-refractivity contribution in [2.45, 2.75) is 58.3 Å². The van der Waals surface area contributed by atoms with E-state index in [9.17, 15) is 9.59 Å². The number of esters is 1. The lowest BCUT2D eigenvalue weighted by atomic mass is 9.77. The summed E-state index contributed by atoms with van der Waals surface area (Å²) in [6, 6.07) is 0. The van der Waals surface area contributed by atoms with Gasteiger partial charge in [0.15, 0.2) is 0 Å². The van der Waals surface area contributed by atoms with E-state index in [-0.39, 0.29) is 18.3 Å². The number of hydrogen-bond acceptors (Lipinski definition) is 3. The summed E-state index contributed by atoms with van der Waals surface area (Å²) in [4.78, 5) is 25.2. The third-order valence-corrected chi connectivity index (χ3v) is 4.69. The summed E-state index contributed by atoms with van der Waals surface area (Å²) in [5, 5.41) is 0. The van der Waals surface area contributed by atoms with Gasteiger partial charge < -0.3 is 9.64 Å². The maximum Gasteiger partial charge on any atom is 0.306 e. The molecule has 4 heteroatoms. The Labute approximate surface area is 115 Å². The molecule has 1 amide bonds. The van der Waals surface area contributed by atoms with E-state index >= 15 is 0 Å². The molecule has 0 unspecified atom stereocenters. The summed E-state index contributed by atoms with van der Waals surface area (Å²) < 4.78 is 4.85. The smallest absolute Gasteiger partial charge is 0.306 e. The Morgan fingerprint density at radius 3 is 2.26 bits per heavy atom. The highest BCUT2D eigenvalue weighted by Gasteiger charge is 2.37. The van der Waals surface area contributed by atoms with E-state index in [0.29, 0.717) is 18.4 Å². The summed E-state index contributed by atoms with van der Waals surface area (Å²) in [6.07, 6.45) is 8.22. The van der Waals surface area contributed by atoms with Crippen molar-refractivity contribution in [1.29, 1.82) is 0 Å². The molecule has 1 spiro atoms. The Hall–Kier alpha value is -1.06. The minimum Gasteiger partial charge on any atom is -0.466 e. The minimum atomic E-state index is -0.264. The van der Waals surface area contributed by atoms with Crippen LogP contribution in [0.5, 0.6) is 0 Å². The topological polar surface area (TPSA) is 46.6 Å². The first-order chi connectivity index (χ1) is 9.15. The van der Waals surface area contributed by atoms with E-state index in [2.05, 4.69) is 0 Å². The molecule has 2 fully saturated rings. The number of amides is 1. The first kappa shape index (κ1) is 14.4. The van der Waals surface area contributed by atoms with E-state index < -0.39 is 0 Å². The summed E-state index contributed by atoms with van der Waals surface area (Å²) in [5.74, 6) is -0.152. The monoisotopic (exact) mass is 267 g/mol. The van der Waals surface area contributed by atoms with Crippen molar-refractivity contribution in [3.63, 3.8) is 0 Å². The van der Waals surface area contributed by atoms with Gasteiger partial charge in [-0.2, -0.15) is 0 Å². The molecule has 0 N–H and O–H groups in total. The van der Waals surface area contributed by atoms with E-state index in [4.69, 9.17) is 4.74 Å². The number of piperidine rings is 1. The molecule has 0 aromatic rings. The van der Waals surface area contributed by atoms with Crippen molar-refractivity contribution < 1.29 is 14.3 Å². The zero-order valence-electron chi connectivity index (χ0n) is 12.0. The van der Waals surface area contributed by atoms with Crippen LogP contribution in [0.1, 0.15) is 58.3 Å². The third kappa shape index (κ3) is 3.71. The van der Waals surface area contributed by atoms with Crippen LogP contribution >= 0.6 is 0 Å². The number of nitrogens with zero attached hydrogens (tertiary/aromatic N) is 1. The van der Waals surface area contributed by atoms with Gasteiger partial charge in [0.2, 0.25) is 5.91 Å². The highest BCUT2D eigenvalue weighted by molar-refractivity contribution is 5.81. The second kappa shape index (κ2) is 6.40. The van der Waals surface area contributed by atoms with Gasteiger partial charge in [0, 0.05) is 19.5 Å². The van der Waals surface area contributed by atoms with Crippen LogP contribution in [0.25, 0.3) is 0 Å². The lowest BCUT2D eigenvalue weighted by Crippen LogP contribution is -2.42. The molecule has 0 bridgehead atoms. The van der Waals surface area contributed by atoms with E-state index in [1.54, 1.807) is 6.92 Å². The summed E-state index contributed by atoms with van der Waals surface area (Å²) in [5.41, 5.74) is 0.540. The maximum atomic E-state index is 12.0. The average molecular weight is 267 g/mol. The fourth-order valence-electron chi connectivity index (χ4n) is 3.46. The SMILES string of the molecule is CCOC(=O)CCC(=O)N1CCC2(CCCC2)CC1. The molecule has 1 aliphatic heterocycles. The Balaban J connectivity index is 1.71. The average Bonchev–Trinajstić information content (AvgIpc) is 2.86. The van der Waals surface area contributed by atoms with Gasteiger partial charge in [-0.3, -0.25) is 9.59 Å². The van der Waals surface area contributed by atoms with Crippen molar-refractivity contribution in [3.8, 4) is 0 Å². The number of carbonyl (C=O) groups is 2. The molecule has 4 nitrogen and oxygen atoms in total. The molecule has 2 rings (SSSR count). The zero-order valence-corrected chi connectivity index (χ0v) is 12.0. The molecule has 0 atom stereocenters. The second-order valence-corrected chi connectivity index (χ2v) is 5.89. The first-order valence-corrected chi connectivity index (χ1v) is 7.59. The van der Waals surface area contributed by atoms with Crippen molar-refractivity contribution >= 4 is 11.9 Å². The highest BCUT2D eigenvalue weighted by atomic mass is 16.5. The van der Waals surface area contributed by atoms with Crippen molar-refractivity contribution in [2.24, 2.45) is 5.41 Å². The van der Waals surface area contributed by atoms with Crippen molar-refractivity contribution in [3.05, 3.63) is 0 Å². The van der Waals surface area contributed by atoms with Crippen LogP contribution in [-0.2, 0) is 14.3 Å². The molecule has 0 aromatic heterocycles. The summed E-state index contributed by atoms with van der Waals surface area (Å²) in [7, 11) is 0. The molecule has 2 aliphatic rings. The van der Waals surface area contributed by atoms with Gasteiger partial charge in [-0.25, -0.2) is 0 Å². The molecule has 1 heterocycles. The molecule has 0 aromatic carbocycles. The largest absolute Gasteiger partial charge is 0.466 e. The fourth-order valence-corrected chi connectivity index (χ4v) is 3.46. The highest BCUT2D eigenvalue weighted by Crippen LogP contribution is 2.46. The number of rotatable bonds is 4. The second-order valence-electron chi connectivity index (χ2n) is 5.89. The van der Waals surface area contributed by atoms with Gasteiger partial charge in [0.25, 0.3) is 0 Å². The summed E-state index contributed by atoms with van der Waals surface area (Å²) in [6.45, 7) is 3.92. The number of ether oxygens (including phenoxy) is 1. The Kier molecular flexibility index (Phi) is 4.83. The van der Waals surface area contributed by atoms with Gasteiger partial charge in [0.1, 0.15) is 0 Å². The number of hydrogen-bond donors (Lipinski definition) is 0. The van der Waals surface area contributed by atoms with Crippen LogP contribution < -0.4 is 0 Å². The quantitative estimate of drug-likeness (QED) is 0.735. The molecule has 108 valence electrons. The number of likely N-dealkylation sites (tertiary alicyclic amines) is 1. The van der Waals surface area contributed by atoms with Crippen molar-refractivity contribution in [1.82, 2.24) is 4.90 Å². The van der Waals surface area contributed by atoms with Crippen LogP contribution in [0.3, 0.4) is 0 Å². The molecule has 0 radical (unpaired) electrons. The van der Waals surface area contributed by atoms with Crippen LogP contribution in [0.15, 0.2) is 0 Å². The van der Waals surface area contributed by atoms with Crippen LogP contribution in [-0.4, -0.2) is 36.5 Å². The molecular weight excluding hydrogens is 242 g/mol. The summed E-state index contributed by atoms with van der Waals surface area (Å²) >= 11 is 0. The van der Waals surface area contributed by atoms with Gasteiger partial charge in [-0.15, -0.1) is 0 Å². The maximum absolute atomic E-state index is 12.0. The van der Waals surface area contributed by atoms with E-state index in [1.807, 2.05) is 4.90 Å². The Morgan fingerprint density at radius 2 is 1.68 bits per heavy atom. The lowest BCUT2D eigenvalue weighted by molar-refractivity contribution is -0.146.